The molecule has 2 aromatic rings. The van der Waals surface area contributed by atoms with Gasteiger partial charge in [0.25, 0.3) is 5.91 Å². The van der Waals surface area contributed by atoms with E-state index in [2.05, 4.69) is 31.9 Å². The van der Waals surface area contributed by atoms with Gasteiger partial charge < -0.3 is 10.6 Å². The molecule has 0 aliphatic heterocycles. The lowest BCUT2D eigenvalue weighted by Gasteiger charge is -2.19. The van der Waals surface area contributed by atoms with Crippen LogP contribution in [0.4, 0.5) is 11.4 Å². The van der Waals surface area contributed by atoms with E-state index in [-0.39, 0.29) is 5.91 Å². The summed E-state index contributed by atoms with van der Waals surface area (Å²) < 4.78 is 1.62. The third kappa shape index (κ3) is 3.34. The van der Waals surface area contributed by atoms with Crippen LogP contribution in [0.2, 0.25) is 5.02 Å². The Balaban J connectivity index is 2.37. The van der Waals surface area contributed by atoms with Crippen molar-refractivity contribution in [2.45, 2.75) is 0 Å². The van der Waals surface area contributed by atoms with Crippen LogP contribution in [-0.2, 0) is 0 Å². The summed E-state index contributed by atoms with van der Waals surface area (Å²) in [6, 6.07) is 10.5. The van der Waals surface area contributed by atoms with Crippen molar-refractivity contribution in [3.63, 3.8) is 0 Å². The lowest BCUT2D eigenvalue weighted by Crippen LogP contribution is -2.27. The maximum absolute atomic E-state index is 12.5. The zero-order valence-electron chi connectivity index (χ0n) is 10.5. The van der Waals surface area contributed by atoms with E-state index in [0.717, 1.165) is 8.95 Å². The molecule has 0 fully saturated rings. The largest absolute Gasteiger partial charge is 0.397 e. The SMILES string of the molecule is CN(C(=O)c1cc(Cl)cc(Br)c1)c1ccc(Br)cc1N. The first-order valence-electron chi connectivity index (χ1n) is 5.67. The highest BCUT2D eigenvalue weighted by Crippen LogP contribution is 2.28. The van der Waals surface area contributed by atoms with Crippen LogP contribution >= 0.6 is 43.5 Å². The van der Waals surface area contributed by atoms with Crippen molar-refractivity contribution >= 4 is 60.7 Å². The van der Waals surface area contributed by atoms with E-state index in [0.29, 0.717) is 22.0 Å². The predicted molar refractivity (Wildman–Crippen MR) is 90.4 cm³/mol. The van der Waals surface area contributed by atoms with E-state index >= 15 is 0 Å². The number of carbonyl (C=O) groups is 1. The van der Waals surface area contributed by atoms with Gasteiger partial charge >= 0.3 is 0 Å². The van der Waals surface area contributed by atoms with Crippen LogP contribution < -0.4 is 10.6 Å². The van der Waals surface area contributed by atoms with Crippen molar-refractivity contribution in [2.24, 2.45) is 0 Å². The fourth-order valence-electron chi connectivity index (χ4n) is 1.81. The van der Waals surface area contributed by atoms with Gasteiger partial charge in [0.1, 0.15) is 0 Å². The zero-order valence-corrected chi connectivity index (χ0v) is 14.5. The van der Waals surface area contributed by atoms with Gasteiger partial charge in [-0.3, -0.25) is 4.79 Å². The molecule has 0 saturated heterocycles. The summed E-state index contributed by atoms with van der Waals surface area (Å²) in [6.45, 7) is 0. The number of hydrogen-bond donors (Lipinski definition) is 1. The first-order chi connectivity index (χ1) is 9.38. The van der Waals surface area contributed by atoms with Crippen molar-refractivity contribution < 1.29 is 4.79 Å². The zero-order chi connectivity index (χ0) is 14.9. The van der Waals surface area contributed by atoms with Crippen molar-refractivity contribution in [3.8, 4) is 0 Å². The number of nitrogens with zero attached hydrogens (tertiary/aromatic N) is 1. The van der Waals surface area contributed by atoms with E-state index in [4.69, 9.17) is 17.3 Å². The average Bonchev–Trinajstić information content (AvgIpc) is 2.36. The third-order valence-electron chi connectivity index (χ3n) is 2.77. The van der Waals surface area contributed by atoms with Gasteiger partial charge in [-0.1, -0.05) is 43.5 Å². The smallest absolute Gasteiger partial charge is 0.258 e. The molecule has 3 nitrogen and oxygen atoms in total. The van der Waals surface area contributed by atoms with Gasteiger partial charge in [0, 0.05) is 26.6 Å². The molecule has 0 saturated carbocycles. The number of amides is 1. The summed E-state index contributed by atoms with van der Waals surface area (Å²) >= 11 is 12.6. The first kappa shape index (κ1) is 15.4. The van der Waals surface area contributed by atoms with Crippen molar-refractivity contribution in [2.75, 3.05) is 17.7 Å². The highest BCUT2D eigenvalue weighted by molar-refractivity contribution is 9.10. The minimum Gasteiger partial charge on any atom is -0.397 e. The molecule has 2 N–H and O–H groups in total. The molecule has 1 amide bonds. The molecule has 6 heteroatoms. The molecular formula is C14H11Br2ClN2O. The molecule has 20 heavy (non-hydrogen) atoms. The van der Waals surface area contributed by atoms with Crippen LogP contribution in [0.3, 0.4) is 0 Å². The van der Waals surface area contributed by atoms with Crippen LogP contribution in [0.5, 0.6) is 0 Å². The second-order valence-electron chi connectivity index (χ2n) is 4.23. The molecule has 0 aromatic heterocycles. The quantitative estimate of drug-likeness (QED) is 0.717. The molecule has 0 radical (unpaired) electrons. The molecule has 0 unspecified atom stereocenters. The Kier molecular flexibility index (Phi) is 4.73. The summed E-state index contributed by atoms with van der Waals surface area (Å²) in [6.07, 6.45) is 0. The second-order valence-corrected chi connectivity index (χ2v) is 6.49. The fraction of sp³-hybridized carbons (Fsp3) is 0.0714. The van der Waals surface area contributed by atoms with Gasteiger partial charge in [0.05, 0.1) is 11.4 Å². The Morgan fingerprint density at radius 1 is 1.15 bits per heavy atom. The summed E-state index contributed by atoms with van der Waals surface area (Å²) in [5.41, 5.74) is 7.61. The predicted octanol–water partition coefficient (Wildman–Crippen LogP) is 4.72. The van der Waals surface area contributed by atoms with E-state index in [1.54, 1.807) is 37.4 Å². The summed E-state index contributed by atoms with van der Waals surface area (Å²) in [5.74, 6) is -0.178. The first-order valence-corrected chi connectivity index (χ1v) is 7.64. The van der Waals surface area contributed by atoms with Gasteiger partial charge in [0.15, 0.2) is 0 Å². The number of nitrogens with two attached hydrogens (primary N) is 1. The number of carbonyl (C=O) groups excluding carboxylic acids is 1. The Morgan fingerprint density at radius 2 is 1.85 bits per heavy atom. The molecule has 0 atom stereocenters. The Bertz CT molecular complexity index is 656. The van der Waals surface area contributed by atoms with Crippen LogP contribution in [0, 0.1) is 0 Å². The number of hydrogen-bond acceptors (Lipinski definition) is 2. The second kappa shape index (κ2) is 6.16. The molecule has 0 heterocycles. The van der Waals surface area contributed by atoms with Gasteiger partial charge in [-0.15, -0.1) is 0 Å². The number of benzene rings is 2. The third-order valence-corrected chi connectivity index (χ3v) is 3.93. The minimum absolute atomic E-state index is 0.178. The Morgan fingerprint density at radius 3 is 2.45 bits per heavy atom. The maximum Gasteiger partial charge on any atom is 0.258 e. The van der Waals surface area contributed by atoms with Crippen LogP contribution in [0.15, 0.2) is 45.3 Å². The molecule has 104 valence electrons. The van der Waals surface area contributed by atoms with Crippen LogP contribution in [-0.4, -0.2) is 13.0 Å². The Hall–Kier alpha value is -1.04. The van der Waals surface area contributed by atoms with Gasteiger partial charge in [-0.2, -0.15) is 0 Å². The highest BCUT2D eigenvalue weighted by Gasteiger charge is 2.16. The molecular weight excluding hydrogens is 407 g/mol. The Labute approximate surface area is 139 Å². The monoisotopic (exact) mass is 416 g/mol. The molecule has 0 aliphatic rings. The summed E-state index contributed by atoms with van der Waals surface area (Å²) in [5, 5.41) is 0.500. The maximum atomic E-state index is 12.5. The van der Waals surface area contributed by atoms with Crippen LogP contribution in [0.1, 0.15) is 10.4 Å². The molecule has 2 aromatic carbocycles. The molecule has 0 bridgehead atoms. The van der Waals surface area contributed by atoms with Gasteiger partial charge in [0.2, 0.25) is 0 Å². The van der Waals surface area contributed by atoms with E-state index in [1.807, 2.05) is 6.07 Å². The van der Waals surface area contributed by atoms with Crippen LogP contribution in [0.25, 0.3) is 0 Å². The van der Waals surface area contributed by atoms with Crippen molar-refractivity contribution in [1.82, 2.24) is 0 Å². The van der Waals surface area contributed by atoms with Crippen molar-refractivity contribution in [3.05, 3.63) is 55.9 Å². The summed E-state index contributed by atoms with van der Waals surface area (Å²) in [4.78, 5) is 14.0. The van der Waals surface area contributed by atoms with Crippen molar-refractivity contribution in [1.29, 1.82) is 0 Å². The van der Waals surface area contributed by atoms with E-state index in [1.165, 1.54) is 4.90 Å². The van der Waals surface area contributed by atoms with Gasteiger partial charge in [-0.05, 0) is 36.4 Å². The molecule has 0 aliphatic carbocycles. The lowest BCUT2D eigenvalue weighted by molar-refractivity contribution is 0.0993. The standard InChI is InChI=1S/C14H11Br2ClN2O/c1-19(13-3-2-9(15)7-12(13)18)14(20)8-4-10(16)6-11(17)5-8/h2-7H,18H2,1H3. The average molecular weight is 419 g/mol. The molecule has 2 rings (SSSR count). The molecule has 0 spiro atoms. The van der Waals surface area contributed by atoms with E-state index in [9.17, 15) is 4.79 Å². The minimum atomic E-state index is -0.178. The normalized spacial score (nSPS) is 10.4. The summed E-state index contributed by atoms with van der Waals surface area (Å²) in [7, 11) is 1.68. The number of rotatable bonds is 2. The van der Waals surface area contributed by atoms with E-state index < -0.39 is 0 Å². The topological polar surface area (TPSA) is 46.3 Å². The number of nitrogen functional groups attached to an aromatic ring is 1. The van der Waals surface area contributed by atoms with Gasteiger partial charge in [-0.25, -0.2) is 0 Å². The number of halogens is 3. The fourth-order valence-corrected chi connectivity index (χ4v) is 3.05. The number of anilines is 2. The highest BCUT2D eigenvalue weighted by atomic mass is 79.9. The lowest BCUT2D eigenvalue weighted by atomic mass is 10.2.